The lowest BCUT2D eigenvalue weighted by atomic mass is 10.1. The molecule has 26 heavy (non-hydrogen) atoms. The van der Waals surface area contributed by atoms with E-state index in [0.29, 0.717) is 17.1 Å². The first kappa shape index (κ1) is 18.3. The zero-order valence-corrected chi connectivity index (χ0v) is 15.7. The highest BCUT2D eigenvalue weighted by molar-refractivity contribution is 5.97. The summed E-state index contributed by atoms with van der Waals surface area (Å²) in [6, 6.07) is 13.8. The molecule has 1 aliphatic heterocycles. The van der Waals surface area contributed by atoms with E-state index in [-0.39, 0.29) is 5.91 Å². The highest BCUT2D eigenvalue weighted by atomic mass is 16.5. The van der Waals surface area contributed by atoms with Crippen LogP contribution in [0.5, 0.6) is 11.5 Å². The summed E-state index contributed by atoms with van der Waals surface area (Å²) < 4.78 is 10.6. The third kappa shape index (κ3) is 3.99. The number of rotatable bonds is 5. The predicted molar refractivity (Wildman–Crippen MR) is 102 cm³/mol. The van der Waals surface area contributed by atoms with Gasteiger partial charge >= 0.3 is 0 Å². The topological polar surface area (TPSA) is 42.0 Å². The molecule has 2 aromatic carbocycles. The van der Waals surface area contributed by atoms with E-state index >= 15 is 0 Å². The number of hydrogen-bond donors (Lipinski definition) is 0. The zero-order chi connectivity index (χ0) is 18.5. The Morgan fingerprint density at radius 1 is 1.00 bits per heavy atom. The van der Waals surface area contributed by atoms with Gasteiger partial charge in [0.25, 0.3) is 5.91 Å². The normalized spacial score (nSPS) is 15.0. The maximum atomic E-state index is 12.9. The third-order valence-electron chi connectivity index (χ3n) is 4.95. The first-order valence-corrected chi connectivity index (χ1v) is 8.90. The Morgan fingerprint density at radius 3 is 2.38 bits per heavy atom. The molecule has 0 saturated carbocycles. The molecule has 0 bridgehead atoms. The summed E-state index contributed by atoms with van der Waals surface area (Å²) in [5.74, 6) is 1.25. The lowest BCUT2D eigenvalue weighted by Gasteiger charge is -2.35. The molecule has 5 nitrogen and oxygen atoms in total. The van der Waals surface area contributed by atoms with Crippen LogP contribution < -0.4 is 9.47 Å². The fourth-order valence-corrected chi connectivity index (χ4v) is 3.28. The molecule has 1 heterocycles. The molecule has 0 unspecified atom stereocenters. The predicted octanol–water partition coefficient (Wildman–Crippen LogP) is 2.97. The molecule has 0 N–H and O–H groups in total. The average Bonchev–Trinajstić information content (AvgIpc) is 2.69. The van der Waals surface area contributed by atoms with E-state index < -0.39 is 0 Å². The molecule has 0 atom stereocenters. The molecule has 0 radical (unpaired) electrons. The number of ether oxygens (including phenoxy) is 2. The van der Waals surface area contributed by atoms with Crippen molar-refractivity contribution in [3.8, 4) is 11.5 Å². The maximum absolute atomic E-state index is 12.9. The van der Waals surface area contributed by atoms with Gasteiger partial charge in [-0.2, -0.15) is 0 Å². The van der Waals surface area contributed by atoms with E-state index in [0.717, 1.165) is 32.7 Å². The van der Waals surface area contributed by atoms with Gasteiger partial charge in [-0.3, -0.25) is 9.69 Å². The second kappa shape index (κ2) is 8.23. The second-order valence-corrected chi connectivity index (χ2v) is 6.56. The quantitative estimate of drug-likeness (QED) is 0.828. The Labute approximate surface area is 155 Å². The van der Waals surface area contributed by atoms with Crippen molar-refractivity contribution >= 4 is 5.91 Å². The van der Waals surface area contributed by atoms with Crippen LogP contribution in [-0.4, -0.2) is 56.1 Å². The molecule has 0 spiro atoms. The minimum Gasteiger partial charge on any atom is -0.497 e. The molecule has 1 aliphatic rings. The minimum atomic E-state index is 0.0139. The van der Waals surface area contributed by atoms with Crippen LogP contribution in [0.2, 0.25) is 0 Å². The molecule has 0 aliphatic carbocycles. The molecule has 1 amide bonds. The van der Waals surface area contributed by atoms with Gasteiger partial charge in [-0.1, -0.05) is 24.3 Å². The average molecular weight is 354 g/mol. The Hall–Kier alpha value is -2.53. The molecule has 5 heteroatoms. The number of carbonyl (C=O) groups is 1. The van der Waals surface area contributed by atoms with Gasteiger partial charge in [-0.15, -0.1) is 0 Å². The fourth-order valence-electron chi connectivity index (χ4n) is 3.28. The van der Waals surface area contributed by atoms with E-state index in [1.165, 1.54) is 11.1 Å². The van der Waals surface area contributed by atoms with Gasteiger partial charge < -0.3 is 14.4 Å². The summed E-state index contributed by atoms with van der Waals surface area (Å²) in [7, 11) is 3.18. The summed E-state index contributed by atoms with van der Waals surface area (Å²) in [4.78, 5) is 17.2. The summed E-state index contributed by atoms with van der Waals surface area (Å²) in [6.07, 6.45) is 0. The van der Waals surface area contributed by atoms with Gasteiger partial charge in [0.2, 0.25) is 0 Å². The highest BCUT2D eigenvalue weighted by Gasteiger charge is 2.24. The Balaban J connectivity index is 1.63. The van der Waals surface area contributed by atoms with Crippen molar-refractivity contribution in [2.45, 2.75) is 13.5 Å². The van der Waals surface area contributed by atoms with Gasteiger partial charge in [0, 0.05) is 38.8 Å². The summed E-state index contributed by atoms with van der Waals surface area (Å²) in [5, 5.41) is 0. The standard InChI is InChI=1S/C21H26N2O3/c1-16-6-4-5-7-17(16)15-22-10-12-23(13-11-22)21(24)19-9-8-18(25-2)14-20(19)26-3/h4-9,14H,10-13,15H2,1-3H3. The van der Waals surface area contributed by atoms with Crippen molar-refractivity contribution in [3.63, 3.8) is 0 Å². The monoisotopic (exact) mass is 354 g/mol. The SMILES string of the molecule is COc1ccc(C(=O)N2CCN(Cc3ccccc3C)CC2)c(OC)c1. The lowest BCUT2D eigenvalue weighted by Crippen LogP contribution is -2.48. The van der Waals surface area contributed by atoms with Gasteiger partial charge in [0.1, 0.15) is 11.5 Å². The maximum Gasteiger partial charge on any atom is 0.257 e. The van der Waals surface area contributed by atoms with Crippen LogP contribution in [0.3, 0.4) is 0 Å². The number of piperazine rings is 1. The number of carbonyl (C=O) groups excluding carboxylic acids is 1. The van der Waals surface area contributed by atoms with Crippen LogP contribution in [0, 0.1) is 6.92 Å². The molecule has 2 aromatic rings. The van der Waals surface area contributed by atoms with E-state index in [4.69, 9.17) is 9.47 Å². The first-order chi connectivity index (χ1) is 12.6. The number of nitrogens with zero attached hydrogens (tertiary/aromatic N) is 2. The van der Waals surface area contributed by atoms with Crippen LogP contribution in [0.1, 0.15) is 21.5 Å². The van der Waals surface area contributed by atoms with Crippen molar-refractivity contribution < 1.29 is 14.3 Å². The number of amides is 1. The van der Waals surface area contributed by atoms with E-state index in [2.05, 4.69) is 36.1 Å². The van der Waals surface area contributed by atoms with Crippen LogP contribution in [-0.2, 0) is 6.54 Å². The van der Waals surface area contributed by atoms with Gasteiger partial charge in [0.15, 0.2) is 0 Å². The van der Waals surface area contributed by atoms with Crippen LogP contribution >= 0.6 is 0 Å². The summed E-state index contributed by atoms with van der Waals surface area (Å²) >= 11 is 0. The largest absolute Gasteiger partial charge is 0.497 e. The smallest absolute Gasteiger partial charge is 0.257 e. The number of benzene rings is 2. The summed E-state index contributed by atoms with van der Waals surface area (Å²) in [5.41, 5.74) is 3.25. The van der Waals surface area contributed by atoms with Gasteiger partial charge in [0.05, 0.1) is 19.8 Å². The van der Waals surface area contributed by atoms with E-state index in [1.54, 1.807) is 32.4 Å². The second-order valence-electron chi connectivity index (χ2n) is 6.56. The number of aryl methyl sites for hydroxylation is 1. The van der Waals surface area contributed by atoms with Crippen LogP contribution in [0.25, 0.3) is 0 Å². The zero-order valence-electron chi connectivity index (χ0n) is 15.7. The molecular weight excluding hydrogens is 328 g/mol. The van der Waals surface area contributed by atoms with Gasteiger partial charge in [-0.05, 0) is 30.2 Å². The Kier molecular flexibility index (Phi) is 5.78. The van der Waals surface area contributed by atoms with Crippen molar-refractivity contribution in [3.05, 3.63) is 59.2 Å². The molecule has 3 rings (SSSR count). The summed E-state index contributed by atoms with van der Waals surface area (Å²) in [6.45, 7) is 6.27. The third-order valence-corrected chi connectivity index (χ3v) is 4.95. The van der Waals surface area contributed by atoms with Crippen molar-refractivity contribution in [2.75, 3.05) is 40.4 Å². The Bertz CT molecular complexity index is 768. The number of methoxy groups -OCH3 is 2. The molecule has 1 saturated heterocycles. The van der Waals surface area contributed by atoms with E-state index in [1.807, 2.05) is 4.90 Å². The van der Waals surface area contributed by atoms with Crippen LogP contribution in [0.4, 0.5) is 0 Å². The molecule has 0 aromatic heterocycles. The Morgan fingerprint density at radius 2 is 1.73 bits per heavy atom. The lowest BCUT2D eigenvalue weighted by molar-refractivity contribution is 0.0625. The molecule has 1 fully saturated rings. The van der Waals surface area contributed by atoms with Crippen molar-refractivity contribution in [2.24, 2.45) is 0 Å². The van der Waals surface area contributed by atoms with E-state index in [9.17, 15) is 4.79 Å². The minimum absolute atomic E-state index is 0.0139. The van der Waals surface area contributed by atoms with Gasteiger partial charge in [-0.25, -0.2) is 0 Å². The fraction of sp³-hybridized carbons (Fsp3) is 0.381. The highest BCUT2D eigenvalue weighted by Crippen LogP contribution is 2.26. The first-order valence-electron chi connectivity index (χ1n) is 8.90. The molecular formula is C21H26N2O3. The molecule has 138 valence electrons. The number of hydrogen-bond acceptors (Lipinski definition) is 4. The van der Waals surface area contributed by atoms with Crippen molar-refractivity contribution in [1.29, 1.82) is 0 Å². The van der Waals surface area contributed by atoms with Crippen molar-refractivity contribution in [1.82, 2.24) is 9.80 Å². The van der Waals surface area contributed by atoms with Crippen LogP contribution in [0.15, 0.2) is 42.5 Å².